The van der Waals surface area contributed by atoms with Crippen molar-refractivity contribution in [3.8, 4) is 11.3 Å². The summed E-state index contributed by atoms with van der Waals surface area (Å²) < 4.78 is 5.25. The largest absolute Gasteiger partial charge is 0.464 e. The fourth-order valence-corrected chi connectivity index (χ4v) is 1.83. The molecule has 0 radical (unpaired) electrons. The summed E-state index contributed by atoms with van der Waals surface area (Å²) in [6.07, 6.45) is 1.62. The van der Waals surface area contributed by atoms with Crippen LogP contribution >= 0.6 is 23.8 Å². The van der Waals surface area contributed by atoms with Crippen LogP contribution in [0.2, 0.25) is 5.02 Å². The van der Waals surface area contributed by atoms with E-state index >= 15 is 0 Å². The predicted molar refractivity (Wildman–Crippen MR) is 65.0 cm³/mol. The monoisotopic (exact) mass is 237 g/mol. The maximum absolute atomic E-state index is 6.03. The molecule has 15 heavy (non-hydrogen) atoms. The van der Waals surface area contributed by atoms with Gasteiger partial charge in [0.1, 0.15) is 10.7 Å². The van der Waals surface area contributed by atoms with Crippen LogP contribution in [-0.4, -0.2) is 4.99 Å². The lowest BCUT2D eigenvalue weighted by Gasteiger charge is -2.03. The van der Waals surface area contributed by atoms with Crippen LogP contribution in [0.5, 0.6) is 0 Å². The van der Waals surface area contributed by atoms with Crippen LogP contribution in [0.25, 0.3) is 11.3 Å². The van der Waals surface area contributed by atoms with Crippen molar-refractivity contribution in [3.05, 3.63) is 47.2 Å². The van der Waals surface area contributed by atoms with E-state index in [1.54, 1.807) is 18.4 Å². The van der Waals surface area contributed by atoms with Crippen molar-refractivity contribution in [1.29, 1.82) is 0 Å². The number of halogens is 1. The summed E-state index contributed by atoms with van der Waals surface area (Å²) in [4.78, 5) is 0.297. The second kappa shape index (κ2) is 4.04. The minimum absolute atomic E-state index is 0.297. The van der Waals surface area contributed by atoms with Crippen LogP contribution in [0.4, 0.5) is 0 Å². The van der Waals surface area contributed by atoms with E-state index in [0.717, 1.165) is 11.3 Å². The molecule has 0 saturated heterocycles. The van der Waals surface area contributed by atoms with Crippen LogP contribution in [-0.2, 0) is 0 Å². The summed E-state index contributed by atoms with van der Waals surface area (Å²) in [5, 5.41) is 0.538. The normalized spacial score (nSPS) is 10.2. The van der Waals surface area contributed by atoms with E-state index in [2.05, 4.69) is 0 Å². The minimum atomic E-state index is 0.297. The van der Waals surface area contributed by atoms with Crippen LogP contribution in [0.3, 0.4) is 0 Å². The summed E-state index contributed by atoms with van der Waals surface area (Å²) in [6.45, 7) is 0. The highest BCUT2D eigenvalue weighted by Gasteiger charge is 2.06. The van der Waals surface area contributed by atoms with Gasteiger partial charge in [0.15, 0.2) is 0 Å². The molecule has 76 valence electrons. The third-order valence-corrected chi connectivity index (χ3v) is 2.57. The van der Waals surface area contributed by atoms with Gasteiger partial charge in [-0.25, -0.2) is 0 Å². The lowest BCUT2D eigenvalue weighted by atomic mass is 10.1. The molecule has 0 aliphatic rings. The molecule has 2 nitrogen and oxygen atoms in total. The van der Waals surface area contributed by atoms with E-state index in [-0.39, 0.29) is 0 Å². The Bertz CT molecular complexity index is 493. The first-order chi connectivity index (χ1) is 7.18. The molecule has 0 spiro atoms. The highest BCUT2D eigenvalue weighted by molar-refractivity contribution is 7.80. The van der Waals surface area contributed by atoms with E-state index in [4.69, 9.17) is 34.0 Å². The molecule has 0 bridgehead atoms. The van der Waals surface area contributed by atoms with Gasteiger partial charge in [0.2, 0.25) is 0 Å². The number of thiocarbonyl (C=S) groups is 1. The van der Waals surface area contributed by atoms with Crippen molar-refractivity contribution in [2.75, 3.05) is 0 Å². The summed E-state index contributed by atoms with van der Waals surface area (Å²) in [6, 6.07) is 9.15. The first-order valence-electron chi connectivity index (χ1n) is 4.31. The highest BCUT2D eigenvalue weighted by atomic mass is 35.5. The van der Waals surface area contributed by atoms with Crippen molar-refractivity contribution in [3.63, 3.8) is 0 Å². The smallest absolute Gasteiger partial charge is 0.133 e. The average Bonchev–Trinajstić information content (AvgIpc) is 2.69. The Morgan fingerprint density at radius 1 is 1.33 bits per heavy atom. The minimum Gasteiger partial charge on any atom is -0.464 e. The van der Waals surface area contributed by atoms with Gasteiger partial charge in [-0.05, 0) is 24.3 Å². The molecule has 0 aliphatic heterocycles. The fourth-order valence-electron chi connectivity index (χ4n) is 1.31. The van der Waals surface area contributed by atoms with Crippen LogP contribution in [0, 0.1) is 0 Å². The van der Waals surface area contributed by atoms with Gasteiger partial charge in [0.25, 0.3) is 0 Å². The molecule has 0 saturated carbocycles. The van der Waals surface area contributed by atoms with Crippen molar-refractivity contribution < 1.29 is 4.42 Å². The summed E-state index contributed by atoms with van der Waals surface area (Å²) in [5.41, 5.74) is 7.10. The second-order valence-corrected chi connectivity index (χ2v) is 3.88. The standard InChI is InChI=1S/C11H8ClNOS/c12-9-6-7(10-2-1-5-14-10)3-4-8(9)11(13)15/h1-6H,(H2,13,15). The second-order valence-electron chi connectivity index (χ2n) is 3.04. The van der Waals surface area contributed by atoms with Crippen molar-refractivity contribution >= 4 is 28.8 Å². The van der Waals surface area contributed by atoms with Gasteiger partial charge in [-0.15, -0.1) is 0 Å². The Hall–Kier alpha value is -1.32. The maximum atomic E-state index is 6.03. The molecule has 0 atom stereocenters. The topological polar surface area (TPSA) is 39.2 Å². The molecule has 1 aromatic heterocycles. The third-order valence-electron chi connectivity index (χ3n) is 2.04. The van der Waals surface area contributed by atoms with E-state index < -0.39 is 0 Å². The molecule has 0 amide bonds. The zero-order valence-electron chi connectivity index (χ0n) is 7.74. The molecule has 0 unspecified atom stereocenters. The first-order valence-corrected chi connectivity index (χ1v) is 5.10. The Labute approximate surface area is 97.6 Å². The Kier molecular flexibility index (Phi) is 2.75. The molecule has 0 aliphatic carbocycles. The van der Waals surface area contributed by atoms with E-state index in [1.807, 2.05) is 18.2 Å². The SMILES string of the molecule is NC(=S)c1ccc(-c2ccco2)cc1Cl. The lowest BCUT2D eigenvalue weighted by molar-refractivity contribution is 0.582. The zero-order valence-corrected chi connectivity index (χ0v) is 9.31. The van der Waals surface area contributed by atoms with Crippen LogP contribution in [0.15, 0.2) is 41.0 Å². The molecular weight excluding hydrogens is 230 g/mol. The zero-order chi connectivity index (χ0) is 10.8. The number of benzene rings is 1. The van der Waals surface area contributed by atoms with Crippen molar-refractivity contribution in [1.82, 2.24) is 0 Å². The molecule has 2 aromatic rings. The van der Waals surface area contributed by atoms with E-state index in [1.165, 1.54) is 0 Å². The Balaban J connectivity index is 2.47. The molecule has 4 heteroatoms. The molecule has 1 heterocycles. The van der Waals surface area contributed by atoms with Gasteiger partial charge < -0.3 is 10.2 Å². The summed E-state index contributed by atoms with van der Waals surface area (Å²) in [7, 11) is 0. The van der Waals surface area contributed by atoms with E-state index in [9.17, 15) is 0 Å². The number of hydrogen-bond donors (Lipinski definition) is 1. The van der Waals surface area contributed by atoms with Gasteiger partial charge in [-0.1, -0.05) is 29.9 Å². The summed E-state index contributed by atoms with van der Waals surface area (Å²) in [5.74, 6) is 0.770. The number of nitrogens with two attached hydrogens (primary N) is 1. The Morgan fingerprint density at radius 3 is 2.67 bits per heavy atom. The highest BCUT2D eigenvalue weighted by Crippen LogP contribution is 2.25. The van der Waals surface area contributed by atoms with Gasteiger partial charge in [-0.3, -0.25) is 0 Å². The molecule has 2 rings (SSSR count). The quantitative estimate of drug-likeness (QED) is 0.815. The van der Waals surface area contributed by atoms with Gasteiger partial charge in [0.05, 0.1) is 11.3 Å². The fraction of sp³-hybridized carbons (Fsp3) is 0. The van der Waals surface area contributed by atoms with Gasteiger partial charge in [-0.2, -0.15) is 0 Å². The molecule has 2 N–H and O–H groups in total. The molecular formula is C11H8ClNOS. The number of rotatable bonds is 2. The maximum Gasteiger partial charge on any atom is 0.133 e. The molecule has 1 aromatic carbocycles. The van der Waals surface area contributed by atoms with Crippen LogP contribution < -0.4 is 5.73 Å². The third kappa shape index (κ3) is 2.03. The number of furan rings is 1. The Morgan fingerprint density at radius 2 is 2.13 bits per heavy atom. The predicted octanol–water partition coefficient (Wildman–Crippen LogP) is 3.23. The van der Waals surface area contributed by atoms with Crippen molar-refractivity contribution in [2.24, 2.45) is 5.73 Å². The molecule has 0 fully saturated rings. The number of hydrogen-bond acceptors (Lipinski definition) is 2. The van der Waals surface area contributed by atoms with Crippen molar-refractivity contribution in [2.45, 2.75) is 0 Å². The lowest BCUT2D eigenvalue weighted by Crippen LogP contribution is -2.09. The summed E-state index contributed by atoms with van der Waals surface area (Å²) >= 11 is 10.9. The van der Waals surface area contributed by atoms with Gasteiger partial charge in [0, 0.05) is 11.1 Å². The van der Waals surface area contributed by atoms with Gasteiger partial charge >= 0.3 is 0 Å². The van der Waals surface area contributed by atoms with Crippen LogP contribution in [0.1, 0.15) is 5.56 Å². The van der Waals surface area contributed by atoms with E-state index in [0.29, 0.717) is 15.6 Å². The average molecular weight is 238 g/mol. The first kappa shape index (κ1) is 10.2.